The number of nitrogens with one attached hydrogen (secondary N) is 1. The minimum absolute atomic E-state index is 0.223. The van der Waals surface area contributed by atoms with Gasteiger partial charge in [-0.3, -0.25) is 4.98 Å². The number of aromatic nitrogens is 1. The lowest BCUT2D eigenvalue weighted by Gasteiger charge is -2.12. The molecule has 0 radical (unpaired) electrons. The highest BCUT2D eigenvalue weighted by molar-refractivity contribution is 7.94. The predicted molar refractivity (Wildman–Crippen MR) is 91.8 cm³/mol. The lowest BCUT2D eigenvalue weighted by Crippen LogP contribution is -1.95. The van der Waals surface area contributed by atoms with Crippen molar-refractivity contribution in [1.82, 2.24) is 4.98 Å². The first-order valence-electron chi connectivity index (χ1n) is 7.00. The van der Waals surface area contributed by atoms with E-state index in [2.05, 4.69) is 15.2 Å². The lowest BCUT2D eigenvalue weighted by molar-refractivity contribution is -0.160. The molecule has 0 saturated heterocycles. The maximum atomic E-state index is 9.68. The van der Waals surface area contributed by atoms with Gasteiger partial charge in [-0.15, -0.1) is 0 Å². The van der Waals surface area contributed by atoms with Crippen LogP contribution in [0, 0.1) is 6.92 Å². The molecule has 118 valence electrons. The van der Waals surface area contributed by atoms with E-state index < -0.39 is 0 Å². The van der Waals surface area contributed by atoms with E-state index in [0.717, 1.165) is 44.8 Å². The standard InChI is InChI=1S/C17H16N2O3S/c1-11-3-4-12(20)9-17(11)19-16-7-8-18-15-6-5-13(10-14(15)16)23-22-21-2/h3-10,20H,1-2H3,(H,18,19). The Bertz CT molecular complexity index is 839. The monoisotopic (exact) mass is 328 g/mol. The van der Waals surface area contributed by atoms with Crippen molar-refractivity contribution in [3.8, 4) is 5.75 Å². The SMILES string of the molecule is COOSc1ccc2nccc(Nc3cc(O)ccc3C)c2c1. The summed E-state index contributed by atoms with van der Waals surface area (Å²) in [5, 5.41) is 14.0. The molecule has 0 fully saturated rings. The highest BCUT2D eigenvalue weighted by Crippen LogP contribution is 2.31. The van der Waals surface area contributed by atoms with Gasteiger partial charge in [0.15, 0.2) is 0 Å². The number of aryl methyl sites for hydroxylation is 1. The lowest BCUT2D eigenvalue weighted by atomic mass is 10.1. The molecular weight excluding hydrogens is 312 g/mol. The summed E-state index contributed by atoms with van der Waals surface area (Å²) in [6.45, 7) is 1.98. The summed E-state index contributed by atoms with van der Waals surface area (Å²) in [5.41, 5.74) is 3.67. The molecule has 2 aromatic carbocycles. The summed E-state index contributed by atoms with van der Waals surface area (Å²) in [7, 11) is 1.47. The maximum absolute atomic E-state index is 9.68. The van der Waals surface area contributed by atoms with E-state index in [1.807, 2.05) is 37.3 Å². The number of benzene rings is 2. The number of nitrogens with zero attached hydrogens (tertiary/aromatic N) is 1. The van der Waals surface area contributed by atoms with Crippen LogP contribution in [-0.2, 0) is 9.22 Å². The average molecular weight is 328 g/mol. The van der Waals surface area contributed by atoms with Crippen LogP contribution in [0.4, 0.5) is 11.4 Å². The molecule has 5 nitrogen and oxygen atoms in total. The number of phenolic OH excluding ortho intramolecular Hbond substituents is 1. The Morgan fingerprint density at radius 1 is 1.09 bits per heavy atom. The van der Waals surface area contributed by atoms with Crippen LogP contribution in [0.2, 0.25) is 0 Å². The molecule has 1 heterocycles. The summed E-state index contributed by atoms with van der Waals surface area (Å²) in [5.74, 6) is 0.223. The number of hydrogen-bond acceptors (Lipinski definition) is 6. The Morgan fingerprint density at radius 2 is 1.96 bits per heavy atom. The quantitative estimate of drug-likeness (QED) is 0.406. The van der Waals surface area contributed by atoms with E-state index in [0.29, 0.717) is 0 Å². The minimum atomic E-state index is 0.223. The Morgan fingerprint density at radius 3 is 2.78 bits per heavy atom. The largest absolute Gasteiger partial charge is 0.508 e. The Labute approximate surface area is 138 Å². The van der Waals surface area contributed by atoms with Gasteiger partial charge in [-0.1, -0.05) is 6.07 Å². The van der Waals surface area contributed by atoms with Gasteiger partial charge in [0, 0.05) is 33.9 Å². The zero-order valence-electron chi connectivity index (χ0n) is 12.7. The molecule has 2 N–H and O–H groups in total. The van der Waals surface area contributed by atoms with Crippen molar-refractivity contribution in [1.29, 1.82) is 0 Å². The van der Waals surface area contributed by atoms with E-state index in [1.54, 1.807) is 18.3 Å². The molecule has 0 aliphatic rings. The molecule has 0 saturated carbocycles. The predicted octanol–water partition coefficient (Wildman–Crippen LogP) is 4.58. The van der Waals surface area contributed by atoms with Crippen molar-refractivity contribution < 1.29 is 14.3 Å². The molecule has 23 heavy (non-hydrogen) atoms. The molecule has 0 spiro atoms. The Balaban J connectivity index is 2.00. The average Bonchev–Trinajstić information content (AvgIpc) is 2.56. The van der Waals surface area contributed by atoms with Crippen molar-refractivity contribution in [2.45, 2.75) is 11.8 Å². The number of anilines is 2. The molecule has 0 aliphatic carbocycles. The van der Waals surface area contributed by atoms with Crippen molar-refractivity contribution in [3.05, 3.63) is 54.2 Å². The molecular formula is C17H16N2O3S. The topological polar surface area (TPSA) is 63.6 Å². The normalized spacial score (nSPS) is 10.9. The van der Waals surface area contributed by atoms with E-state index in [1.165, 1.54) is 7.11 Å². The maximum Gasteiger partial charge on any atom is 0.117 e. The number of hydrogen-bond donors (Lipinski definition) is 2. The van der Waals surface area contributed by atoms with Crippen molar-refractivity contribution in [2.75, 3.05) is 12.4 Å². The molecule has 0 bridgehead atoms. The third-order valence-corrected chi connectivity index (χ3v) is 4.05. The summed E-state index contributed by atoms with van der Waals surface area (Å²) in [4.78, 5) is 9.90. The molecule has 3 rings (SSSR count). The van der Waals surface area contributed by atoms with Crippen LogP contribution in [0.3, 0.4) is 0 Å². The van der Waals surface area contributed by atoms with Gasteiger partial charge in [0.1, 0.15) is 5.75 Å². The van der Waals surface area contributed by atoms with Crippen LogP contribution in [0.25, 0.3) is 10.9 Å². The second-order valence-corrected chi connectivity index (χ2v) is 5.75. The van der Waals surface area contributed by atoms with Crippen molar-refractivity contribution in [2.24, 2.45) is 0 Å². The van der Waals surface area contributed by atoms with Gasteiger partial charge in [-0.2, -0.15) is 4.33 Å². The fourth-order valence-corrected chi connectivity index (χ4v) is 2.69. The highest BCUT2D eigenvalue weighted by Gasteiger charge is 2.07. The molecule has 1 aromatic heterocycles. The fourth-order valence-electron chi connectivity index (χ4n) is 2.25. The van der Waals surface area contributed by atoms with Crippen LogP contribution in [0.5, 0.6) is 5.75 Å². The van der Waals surface area contributed by atoms with Gasteiger partial charge in [0.25, 0.3) is 0 Å². The Hall–Kier alpha value is -2.28. The zero-order chi connectivity index (χ0) is 16.2. The first kappa shape index (κ1) is 15.6. The highest BCUT2D eigenvalue weighted by atomic mass is 32.2. The number of fused-ring (bicyclic) bond motifs is 1. The summed E-state index contributed by atoms with van der Waals surface area (Å²) < 4.78 is 4.90. The van der Waals surface area contributed by atoms with Crippen molar-refractivity contribution >= 4 is 34.3 Å². The molecule has 6 heteroatoms. The smallest absolute Gasteiger partial charge is 0.117 e. The molecule has 0 aliphatic heterocycles. The first-order chi connectivity index (χ1) is 11.2. The first-order valence-corrected chi connectivity index (χ1v) is 7.74. The van der Waals surface area contributed by atoms with Crippen LogP contribution < -0.4 is 5.32 Å². The second-order valence-electron chi connectivity index (χ2n) is 4.98. The summed E-state index contributed by atoms with van der Waals surface area (Å²) in [6, 6.07) is 13.0. The fraction of sp³-hybridized carbons (Fsp3) is 0.118. The van der Waals surface area contributed by atoms with E-state index in [4.69, 9.17) is 4.33 Å². The van der Waals surface area contributed by atoms with Gasteiger partial charge < -0.3 is 10.4 Å². The molecule has 0 unspecified atom stereocenters. The van der Waals surface area contributed by atoms with E-state index >= 15 is 0 Å². The number of phenols is 1. The van der Waals surface area contributed by atoms with Crippen LogP contribution in [0.1, 0.15) is 5.56 Å². The van der Waals surface area contributed by atoms with Gasteiger partial charge in [0.2, 0.25) is 0 Å². The zero-order valence-corrected chi connectivity index (χ0v) is 13.6. The van der Waals surface area contributed by atoms with Gasteiger partial charge in [0.05, 0.1) is 24.7 Å². The van der Waals surface area contributed by atoms with Crippen LogP contribution in [0.15, 0.2) is 53.6 Å². The van der Waals surface area contributed by atoms with E-state index in [9.17, 15) is 5.11 Å². The summed E-state index contributed by atoms with van der Waals surface area (Å²) in [6.07, 6.45) is 1.75. The third kappa shape index (κ3) is 3.56. The third-order valence-electron chi connectivity index (χ3n) is 3.40. The number of rotatable bonds is 5. The minimum Gasteiger partial charge on any atom is -0.508 e. The number of aromatic hydroxyl groups is 1. The molecule has 0 amide bonds. The molecule has 3 aromatic rings. The number of pyridine rings is 1. The van der Waals surface area contributed by atoms with Crippen LogP contribution >= 0.6 is 12.0 Å². The van der Waals surface area contributed by atoms with Gasteiger partial charge >= 0.3 is 0 Å². The van der Waals surface area contributed by atoms with Crippen molar-refractivity contribution in [3.63, 3.8) is 0 Å². The molecule has 0 atom stereocenters. The van der Waals surface area contributed by atoms with Crippen LogP contribution in [-0.4, -0.2) is 17.2 Å². The Kier molecular flexibility index (Phi) is 4.66. The van der Waals surface area contributed by atoms with E-state index in [-0.39, 0.29) is 5.75 Å². The van der Waals surface area contributed by atoms with Gasteiger partial charge in [-0.05, 0) is 42.8 Å². The summed E-state index contributed by atoms with van der Waals surface area (Å²) >= 11 is 1.14. The second kappa shape index (κ2) is 6.87. The van der Waals surface area contributed by atoms with Gasteiger partial charge in [-0.25, -0.2) is 4.89 Å².